The first-order valence-corrected chi connectivity index (χ1v) is 6.91. The molecule has 96 valence electrons. The first-order chi connectivity index (χ1) is 7.83. The summed E-state index contributed by atoms with van der Waals surface area (Å²) in [6, 6.07) is 0.448. The fraction of sp³-hybridized carbons (Fsp3) is 1.00. The van der Waals surface area contributed by atoms with E-state index in [2.05, 4.69) is 19.3 Å². The Morgan fingerprint density at radius 2 is 2.12 bits per heavy atom. The summed E-state index contributed by atoms with van der Waals surface area (Å²) in [7, 11) is 0. The molecule has 0 amide bonds. The third-order valence-electron chi connectivity index (χ3n) is 3.76. The highest BCUT2D eigenvalue weighted by Crippen LogP contribution is 2.28. The maximum atomic E-state index is 5.73. The summed E-state index contributed by atoms with van der Waals surface area (Å²) in [5.41, 5.74) is 3.01. The molecule has 0 spiro atoms. The smallest absolute Gasteiger partial charge is 0.0616 e. The average Bonchev–Trinajstić information content (AvgIpc) is 2.77. The molecule has 0 aliphatic carbocycles. The highest BCUT2D eigenvalue weighted by molar-refractivity contribution is 4.84. The van der Waals surface area contributed by atoms with Crippen LogP contribution < -0.4 is 11.3 Å². The summed E-state index contributed by atoms with van der Waals surface area (Å²) < 4.78 is 5.73. The molecule has 1 aliphatic rings. The molecule has 0 radical (unpaired) electrons. The molecule has 1 rings (SSSR count). The predicted molar refractivity (Wildman–Crippen MR) is 68.0 cm³/mol. The molecule has 0 aromatic heterocycles. The van der Waals surface area contributed by atoms with Gasteiger partial charge in [-0.1, -0.05) is 39.5 Å². The Labute approximate surface area is 100 Å². The van der Waals surface area contributed by atoms with Crippen molar-refractivity contribution in [2.75, 3.05) is 6.61 Å². The van der Waals surface area contributed by atoms with Crippen molar-refractivity contribution in [3.63, 3.8) is 0 Å². The zero-order valence-electron chi connectivity index (χ0n) is 10.9. The average molecular weight is 228 g/mol. The van der Waals surface area contributed by atoms with Gasteiger partial charge < -0.3 is 4.74 Å². The zero-order valence-corrected chi connectivity index (χ0v) is 10.9. The lowest BCUT2D eigenvalue weighted by molar-refractivity contribution is 0.0761. The molecular formula is C13H28N2O. The van der Waals surface area contributed by atoms with E-state index in [9.17, 15) is 0 Å². The molecule has 16 heavy (non-hydrogen) atoms. The summed E-state index contributed by atoms with van der Waals surface area (Å²) >= 11 is 0. The number of hydrogen-bond donors (Lipinski definition) is 2. The van der Waals surface area contributed by atoms with Crippen LogP contribution in [0.4, 0.5) is 0 Å². The zero-order chi connectivity index (χ0) is 11.8. The topological polar surface area (TPSA) is 47.3 Å². The second kappa shape index (κ2) is 8.04. The van der Waals surface area contributed by atoms with Crippen LogP contribution in [0.3, 0.4) is 0 Å². The maximum Gasteiger partial charge on any atom is 0.0616 e. The van der Waals surface area contributed by atoms with E-state index in [1.807, 2.05) is 0 Å². The van der Waals surface area contributed by atoms with E-state index in [-0.39, 0.29) is 0 Å². The van der Waals surface area contributed by atoms with Crippen LogP contribution in [0.2, 0.25) is 0 Å². The van der Waals surface area contributed by atoms with Crippen LogP contribution in [0.25, 0.3) is 0 Å². The molecular weight excluding hydrogens is 200 g/mol. The van der Waals surface area contributed by atoms with Gasteiger partial charge in [0, 0.05) is 18.6 Å². The number of unbranched alkanes of at least 4 members (excludes halogenated alkanes) is 3. The minimum absolute atomic E-state index is 0.423. The third kappa shape index (κ3) is 4.04. The largest absolute Gasteiger partial charge is 0.378 e. The van der Waals surface area contributed by atoms with Crippen molar-refractivity contribution in [3.05, 3.63) is 0 Å². The van der Waals surface area contributed by atoms with E-state index in [1.165, 1.54) is 38.5 Å². The molecule has 3 N–H and O–H groups in total. The minimum atomic E-state index is 0.423. The number of nitrogens with one attached hydrogen (secondary N) is 1. The fourth-order valence-corrected chi connectivity index (χ4v) is 2.76. The Morgan fingerprint density at radius 3 is 2.75 bits per heavy atom. The van der Waals surface area contributed by atoms with Crippen LogP contribution in [0.15, 0.2) is 0 Å². The summed E-state index contributed by atoms with van der Waals surface area (Å²) in [5.74, 6) is 6.30. The summed E-state index contributed by atoms with van der Waals surface area (Å²) in [6.07, 6.45) is 9.15. The van der Waals surface area contributed by atoms with Gasteiger partial charge in [-0.2, -0.15) is 0 Å². The molecule has 3 heteroatoms. The molecule has 1 saturated heterocycles. The number of nitrogens with two attached hydrogens (primary N) is 1. The minimum Gasteiger partial charge on any atom is -0.378 e. The Hall–Kier alpha value is -0.120. The molecule has 0 bridgehead atoms. The van der Waals surface area contributed by atoms with Crippen LogP contribution in [-0.2, 0) is 4.74 Å². The van der Waals surface area contributed by atoms with Gasteiger partial charge in [0.25, 0.3) is 0 Å². The van der Waals surface area contributed by atoms with Gasteiger partial charge in [-0.3, -0.25) is 11.3 Å². The lowest BCUT2D eigenvalue weighted by Gasteiger charge is -2.26. The quantitative estimate of drug-likeness (QED) is 0.381. The molecule has 3 nitrogen and oxygen atoms in total. The SMILES string of the molecule is CCCCCCC(NN)C1CCOC1CC. The Morgan fingerprint density at radius 1 is 1.31 bits per heavy atom. The van der Waals surface area contributed by atoms with E-state index in [0.717, 1.165) is 13.0 Å². The maximum absolute atomic E-state index is 5.73. The second-order valence-corrected chi connectivity index (χ2v) is 4.89. The second-order valence-electron chi connectivity index (χ2n) is 4.89. The van der Waals surface area contributed by atoms with Gasteiger partial charge >= 0.3 is 0 Å². The molecule has 0 aromatic carbocycles. The van der Waals surface area contributed by atoms with Crippen LogP contribution in [-0.4, -0.2) is 18.8 Å². The highest BCUT2D eigenvalue weighted by atomic mass is 16.5. The molecule has 3 atom stereocenters. The third-order valence-corrected chi connectivity index (χ3v) is 3.76. The van der Waals surface area contributed by atoms with Crippen molar-refractivity contribution in [1.82, 2.24) is 5.43 Å². The van der Waals surface area contributed by atoms with Crippen LogP contribution in [0, 0.1) is 5.92 Å². The molecule has 3 unspecified atom stereocenters. The lowest BCUT2D eigenvalue weighted by Crippen LogP contribution is -2.43. The molecule has 1 aliphatic heterocycles. The van der Waals surface area contributed by atoms with Gasteiger partial charge in [-0.25, -0.2) is 0 Å². The van der Waals surface area contributed by atoms with E-state index in [1.54, 1.807) is 0 Å². The Bertz CT molecular complexity index is 175. The van der Waals surface area contributed by atoms with Crippen LogP contribution in [0.5, 0.6) is 0 Å². The molecule has 0 saturated carbocycles. The molecule has 1 fully saturated rings. The summed E-state index contributed by atoms with van der Waals surface area (Å²) in [4.78, 5) is 0. The Kier molecular flexibility index (Phi) is 7.01. The highest BCUT2D eigenvalue weighted by Gasteiger charge is 2.32. The Balaban J connectivity index is 2.29. The number of rotatable bonds is 8. The molecule has 1 heterocycles. The first-order valence-electron chi connectivity index (χ1n) is 6.91. The van der Waals surface area contributed by atoms with E-state index >= 15 is 0 Å². The summed E-state index contributed by atoms with van der Waals surface area (Å²) in [5, 5.41) is 0. The van der Waals surface area contributed by atoms with Crippen molar-refractivity contribution in [3.8, 4) is 0 Å². The van der Waals surface area contributed by atoms with Gasteiger partial charge in [0.1, 0.15) is 0 Å². The number of hydrazine groups is 1. The van der Waals surface area contributed by atoms with Crippen molar-refractivity contribution >= 4 is 0 Å². The van der Waals surface area contributed by atoms with Crippen molar-refractivity contribution in [2.45, 2.75) is 70.9 Å². The van der Waals surface area contributed by atoms with E-state index in [0.29, 0.717) is 18.1 Å². The number of ether oxygens (including phenoxy) is 1. The predicted octanol–water partition coefficient (Wildman–Crippen LogP) is 2.60. The van der Waals surface area contributed by atoms with Crippen LogP contribution in [0.1, 0.15) is 58.8 Å². The van der Waals surface area contributed by atoms with Crippen molar-refractivity contribution in [2.24, 2.45) is 11.8 Å². The summed E-state index contributed by atoms with van der Waals surface area (Å²) in [6.45, 7) is 5.36. The first kappa shape index (κ1) is 13.9. The standard InChI is InChI=1S/C13H28N2O/c1-3-5-6-7-8-12(15-14)11-9-10-16-13(11)4-2/h11-13,15H,3-10,14H2,1-2H3. The van der Waals surface area contributed by atoms with Gasteiger partial charge in [-0.05, 0) is 19.3 Å². The van der Waals surface area contributed by atoms with Crippen LogP contribution >= 0.6 is 0 Å². The number of hydrogen-bond acceptors (Lipinski definition) is 3. The molecule has 0 aromatic rings. The van der Waals surface area contributed by atoms with Crippen molar-refractivity contribution < 1.29 is 4.74 Å². The monoisotopic (exact) mass is 228 g/mol. The van der Waals surface area contributed by atoms with Crippen molar-refractivity contribution in [1.29, 1.82) is 0 Å². The van der Waals surface area contributed by atoms with Gasteiger partial charge in [0.2, 0.25) is 0 Å². The van der Waals surface area contributed by atoms with Gasteiger partial charge in [-0.15, -0.1) is 0 Å². The fourth-order valence-electron chi connectivity index (χ4n) is 2.76. The lowest BCUT2D eigenvalue weighted by atomic mass is 9.88. The normalized spacial score (nSPS) is 27.2. The van der Waals surface area contributed by atoms with Gasteiger partial charge in [0.05, 0.1) is 6.10 Å². The van der Waals surface area contributed by atoms with E-state index < -0.39 is 0 Å². The van der Waals surface area contributed by atoms with E-state index in [4.69, 9.17) is 10.6 Å². The van der Waals surface area contributed by atoms with Gasteiger partial charge in [0.15, 0.2) is 0 Å².